The smallest absolute Gasteiger partial charge is 0.137 e. The highest BCUT2D eigenvalue weighted by atomic mass is 16.5. The molecule has 1 unspecified atom stereocenters. The molecule has 1 aromatic rings. The van der Waals surface area contributed by atoms with Gasteiger partial charge in [0.05, 0.1) is 12.1 Å². The van der Waals surface area contributed by atoms with Gasteiger partial charge in [-0.3, -0.25) is 0 Å². The summed E-state index contributed by atoms with van der Waals surface area (Å²) in [5, 5.41) is 10.3. The predicted octanol–water partition coefficient (Wildman–Crippen LogP) is 1.89. The van der Waals surface area contributed by atoms with Crippen molar-refractivity contribution in [1.29, 1.82) is 0 Å². The number of quaternary nitrogens is 1. The van der Waals surface area contributed by atoms with Crippen LogP contribution in [0.3, 0.4) is 0 Å². The monoisotopic (exact) mass is 292 g/mol. The van der Waals surface area contributed by atoms with Gasteiger partial charge in [0, 0.05) is 0 Å². The van der Waals surface area contributed by atoms with Crippen LogP contribution in [0.15, 0.2) is 18.2 Å². The van der Waals surface area contributed by atoms with Crippen molar-refractivity contribution in [1.82, 2.24) is 0 Å². The van der Waals surface area contributed by atoms with Crippen molar-refractivity contribution in [2.45, 2.75) is 65.1 Å². The summed E-state index contributed by atoms with van der Waals surface area (Å²) in [5.74, 6) is 0.892. The van der Waals surface area contributed by atoms with Gasteiger partial charge in [-0.1, -0.05) is 12.1 Å². The Morgan fingerprint density at radius 1 is 1.24 bits per heavy atom. The highest BCUT2D eigenvalue weighted by molar-refractivity contribution is 5.35. The molecule has 1 saturated heterocycles. The molecule has 3 heteroatoms. The molecule has 0 radical (unpaired) electrons. The lowest BCUT2D eigenvalue weighted by Gasteiger charge is -2.36. The van der Waals surface area contributed by atoms with E-state index < -0.39 is 6.10 Å². The zero-order valence-electron chi connectivity index (χ0n) is 13.9. The van der Waals surface area contributed by atoms with Gasteiger partial charge in [0.2, 0.25) is 0 Å². The average molecular weight is 292 g/mol. The van der Waals surface area contributed by atoms with Crippen LogP contribution < -0.4 is 9.64 Å². The van der Waals surface area contributed by atoms with Crippen molar-refractivity contribution >= 4 is 0 Å². The summed E-state index contributed by atoms with van der Waals surface area (Å²) in [6.45, 7) is 9.86. The maximum absolute atomic E-state index is 10.3. The van der Waals surface area contributed by atoms with E-state index in [0.717, 1.165) is 17.9 Å². The molecule has 0 amide bonds. The standard InChI is InChI=1S/C18H29NO2/c1-13-8-9-14(2)18(10-13)21-12-17(20)11-19-15(3)6-5-7-16(19)4/h8-10,15-17,20H,5-7,11-12H2,1-4H3/p+1/t15-,16+,17-/m1/s1. The molecule has 118 valence electrons. The first kappa shape index (κ1) is 16.3. The Morgan fingerprint density at radius 2 is 1.90 bits per heavy atom. The first-order valence-electron chi connectivity index (χ1n) is 8.21. The molecule has 2 rings (SSSR count). The van der Waals surface area contributed by atoms with Crippen molar-refractivity contribution in [3.63, 3.8) is 0 Å². The van der Waals surface area contributed by atoms with Gasteiger partial charge in [-0.05, 0) is 64.2 Å². The topological polar surface area (TPSA) is 33.9 Å². The molecule has 3 nitrogen and oxygen atoms in total. The van der Waals surface area contributed by atoms with E-state index in [2.05, 4.69) is 32.9 Å². The van der Waals surface area contributed by atoms with Gasteiger partial charge in [-0.2, -0.15) is 0 Å². The summed E-state index contributed by atoms with van der Waals surface area (Å²) < 4.78 is 5.83. The molecule has 1 aliphatic rings. The molecular formula is C18H30NO2+. The number of likely N-dealkylation sites (tertiary alicyclic amines) is 1. The van der Waals surface area contributed by atoms with E-state index in [1.54, 1.807) is 0 Å². The largest absolute Gasteiger partial charge is 0.490 e. The molecule has 0 aliphatic carbocycles. The van der Waals surface area contributed by atoms with Crippen molar-refractivity contribution in [2.24, 2.45) is 0 Å². The Morgan fingerprint density at radius 3 is 2.57 bits per heavy atom. The Kier molecular flexibility index (Phi) is 5.65. The zero-order valence-corrected chi connectivity index (χ0v) is 13.9. The van der Waals surface area contributed by atoms with E-state index in [-0.39, 0.29) is 0 Å². The number of hydrogen-bond acceptors (Lipinski definition) is 2. The minimum absolute atomic E-state index is 0.382. The lowest BCUT2D eigenvalue weighted by atomic mass is 9.97. The third kappa shape index (κ3) is 4.45. The Bertz CT molecular complexity index is 451. The van der Waals surface area contributed by atoms with Crippen LogP contribution >= 0.6 is 0 Å². The number of hydrogen-bond donors (Lipinski definition) is 2. The fourth-order valence-electron chi connectivity index (χ4n) is 3.37. The van der Waals surface area contributed by atoms with Gasteiger partial charge in [0.1, 0.15) is 25.0 Å². The second-order valence-corrected chi connectivity index (χ2v) is 6.75. The highest BCUT2D eigenvalue weighted by Crippen LogP contribution is 2.19. The van der Waals surface area contributed by atoms with Crippen molar-refractivity contribution in [3.05, 3.63) is 29.3 Å². The number of aliphatic hydroxyl groups excluding tert-OH is 1. The molecule has 1 aliphatic heterocycles. The molecular weight excluding hydrogens is 262 g/mol. The van der Waals surface area contributed by atoms with Crippen LogP contribution in [-0.4, -0.2) is 36.4 Å². The van der Waals surface area contributed by atoms with Crippen LogP contribution in [0.4, 0.5) is 0 Å². The minimum Gasteiger partial charge on any atom is -0.490 e. The van der Waals surface area contributed by atoms with Crippen molar-refractivity contribution in [2.75, 3.05) is 13.2 Å². The molecule has 0 bridgehead atoms. The first-order valence-corrected chi connectivity index (χ1v) is 8.21. The Hall–Kier alpha value is -1.06. The quantitative estimate of drug-likeness (QED) is 0.869. The number of nitrogens with one attached hydrogen (secondary N) is 1. The summed E-state index contributed by atoms with van der Waals surface area (Å²) in [6, 6.07) is 7.48. The second-order valence-electron chi connectivity index (χ2n) is 6.75. The first-order chi connectivity index (χ1) is 9.97. The molecule has 0 saturated carbocycles. The molecule has 1 aromatic carbocycles. The molecule has 4 atom stereocenters. The molecule has 2 N–H and O–H groups in total. The molecule has 21 heavy (non-hydrogen) atoms. The van der Waals surface area contributed by atoms with Crippen LogP contribution in [0.5, 0.6) is 5.75 Å². The van der Waals surface area contributed by atoms with E-state index in [1.807, 2.05) is 13.0 Å². The third-order valence-corrected chi connectivity index (χ3v) is 4.79. The second kappa shape index (κ2) is 7.28. The van der Waals surface area contributed by atoms with Gasteiger partial charge >= 0.3 is 0 Å². The number of aliphatic hydroxyl groups is 1. The summed E-state index contributed by atoms with van der Waals surface area (Å²) in [5.41, 5.74) is 2.31. The number of ether oxygens (including phenoxy) is 1. The van der Waals surface area contributed by atoms with Gasteiger partial charge in [-0.15, -0.1) is 0 Å². The lowest BCUT2D eigenvalue weighted by Crippen LogP contribution is -3.20. The molecule has 0 spiro atoms. The normalized spacial score (nSPS) is 27.4. The van der Waals surface area contributed by atoms with Crippen LogP contribution in [0.2, 0.25) is 0 Å². The molecule has 1 fully saturated rings. The fraction of sp³-hybridized carbons (Fsp3) is 0.667. The maximum Gasteiger partial charge on any atom is 0.137 e. The van der Waals surface area contributed by atoms with Crippen molar-refractivity contribution in [3.8, 4) is 5.75 Å². The van der Waals surface area contributed by atoms with E-state index in [9.17, 15) is 5.11 Å². The highest BCUT2D eigenvalue weighted by Gasteiger charge is 2.30. The van der Waals surface area contributed by atoms with E-state index in [0.29, 0.717) is 18.7 Å². The van der Waals surface area contributed by atoms with Crippen LogP contribution in [0.25, 0.3) is 0 Å². The third-order valence-electron chi connectivity index (χ3n) is 4.79. The summed E-state index contributed by atoms with van der Waals surface area (Å²) in [4.78, 5) is 1.53. The zero-order chi connectivity index (χ0) is 15.4. The fourth-order valence-corrected chi connectivity index (χ4v) is 3.37. The minimum atomic E-state index is -0.400. The Balaban J connectivity index is 1.86. The van der Waals surface area contributed by atoms with Crippen LogP contribution in [-0.2, 0) is 0 Å². The maximum atomic E-state index is 10.3. The number of piperidine rings is 1. The van der Waals surface area contributed by atoms with Crippen LogP contribution in [0, 0.1) is 13.8 Å². The van der Waals surface area contributed by atoms with E-state index >= 15 is 0 Å². The average Bonchev–Trinajstić information content (AvgIpc) is 2.44. The van der Waals surface area contributed by atoms with Gasteiger partial charge in [-0.25, -0.2) is 0 Å². The molecule has 1 heterocycles. The Labute approximate surface area is 128 Å². The SMILES string of the molecule is Cc1ccc(C)c(OC[C@H](O)C[NH+]2[C@H](C)CCC[C@@H]2C)c1. The van der Waals surface area contributed by atoms with E-state index in [4.69, 9.17) is 4.74 Å². The van der Waals surface area contributed by atoms with Crippen molar-refractivity contribution < 1.29 is 14.7 Å². The van der Waals surface area contributed by atoms with Gasteiger partial charge in [0.15, 0.2) is 0 Å². The lowest BCUT2D eigenvalue weighted by molar-refractivity contribution is -0.954. The summed E-state index contributed by atoms with van der Waals surface area (Å²) in [7, 11) is 0. The number of benzene rings is 1. The van der Waals surface area contributed by atoms with Gasteiger partial charge in [0.25, 0.3) is 0 Å². The summed E-state index contributed by atoms with van der Waals surface area (Å²) >= 11 is 0. The summed E-state index contributed by atoms with van der Waals surface area (Å²) in [6.07, 6.45) is 3.46. The van der Waals surface area contributed by atoms with E-state index in [1.165, 1.54) is 29.7 Å². The predicted molar refractivity (Wildman–Crippen MR) is 86.0 cm³/mol. The number of aryl methyl sites for hydroxylation is 2. The van der Waals surface area contributed by atoms with Gasteiger partial charge < -0.3 is 14.7 Å². The number of rotatable bonds is 5. The molecule has 0 aromatic heterocycles. The van der Waals surface area contributed by atoms with Crippen LogP contribution in [0.1, 0.15) is 44.2 Å².